The molecule has 0 heterocycles. The average Bonchev–Trinajstić information content (AvgIpc) is 3.00. The van der Waals surface area contributed by atoms with Gasteiger partial charge in [-0.15, -0.1) is 0 Å². The molecule has 1 aliphatic carbocycles. The van der Waals surface area contributed by atoms with Gasteiger partial charge in [-0.1, -0.05) is 12.2 Å². The Morgan fingerprint density at radius 3 is 2.68 bits per heavy atom. The van der Waals surface area contributed by atoms with E-state index in [1.807, 2.05) is 13.0 Å². The molecule has 0 fully saturated rings. The Morgan fingerprint density at radius 2 is 2.05 bits per heavy atom. The number of esters is 1. The minimum absolute atomic E-state index is 0.252. The summed E-state index contributed by atoms with van der Waals surface area (Å²) in [4.78, 5) is 23.4. The van der Waals surface area contributed by atoms with Crippen LogP contribution in [0.1, 0.15) is 26.2 Å². The summed E-state index contributed by atoms with van der Waals surface area (Å²) in [5.74, 6) is 0.316. The van der Waals surface area contributed by atoms with E-state index in [2.05, 4.69) is 11.4 Å². The molecule has 1 aliphatic rings. The third-order valence-corrected chi connectivity index (χ3v) is 3.35. The van der Waals surface area contributed by atoms with Crippen LogP contribution in [0.25, 0.3) is 0 Å². The molecule has 1 aromatic carbocycles. The van der Waals surface area contributed by atoms with Gasteiger partial charge in [-0.2, -0.15) is 0 Å². The van der Waals surface area contributed by atoms with Crippen LogP contribution in [0, 0.1) is 5.92 Å². The SMILES string of the molecule is CCOc1ccc(NC(=O)COC(=O)C[C@H]2C=CCC2)cc1. The molecule has 1 atom stereocenters. The fourth-order valence-corrected chi connectivity index (χ4v) is 2.28. The fourth-order valence-electron chi connectivity index (χ4n) is 2.28. The van der Waals surface area contributed by atoms with Gasteiger partial charge in [0.05, 0.1) is 13.0 Å². The van der Waals surface area contributed by atoms with Gasteiger partial charge in [0.15, 0.2) is 6.61 Å². The predicted octanol–water partition coefficient (Wildman–Crippen LogP) is 2.92. The monoisotopic (exact) mass is 303 g/mol. The number of allylic oxidation sites excluding steroid dienone is 2. The quantitative estimate of drug-likeness (QED) is 0.621. The molecule has 5 nitrogen and oxygen atoms in total. The maximum atomic E-state index is 11.7. The Kier molecular flexibility index (Phi) is 6.01. The molecule has 118 valence electrons. The van der Waals surface area contributed by atoms with Gasteiger partial charge in [0.2, 0.25) is 0 Å². The molecule has 0 radical (unpaired) electrons. The molecule has 0 aromatic heterocycles. The molecular weight excluding hydrogens is 282 g/mol. The van der Waals surface area contributed by atoms with Crippen LogP contribution < -0.4 is 10.1 Å². The molecular formula is C17H21NO4. The first-order chi connectivity index (χ1) is 10.7. The molecule has 5 heteroatoms. The summed E-state index contributed by atoms with van der Waals surface area (Å²) in [5, 5.41) is 2.67. The number of hydrogen-bond acceptors (Lipinski definition) is 4. The third kappa shape index (κ3) is 5.24. The van der Waals surface area contributed by atoms with Gasteiger partial charge in [0, 0.05) is 5.69 Å². The van der Waals surface area contributed by atoms with Crippen molar-refractivity contribution in [3.05, 3.63) is 36.4 Å². The van der Waals surface area contributed by atoms with Crippen LogP contribution in [0.4, 0.5) is 5.69 Å². The lowest BCUT2D eigenvalue weighted by Crippen LogP contribution is -2.21. The van der Waals surface area contributed by atoms with Gasteiger partial charge in [-0.25, -0.2) is 0 Å². The van der Waals surface area contributed by atoms with Crippen LogP contribution >= 0.6 is 0 Å². The number of hydrogen-bond donors (Lipinski definition) is 1. The maximum Gasteiger partial charge on any atom is 0.306 e. The summed E-state index contributed by atoms with van der Waals surface area (Å²) in [5.41, 5.74) is 0.642. The molecule has 0 saturated heterocycles. The van der Waals surface area contributed by atoms with Gasteiger partial charge in [-0.05, 0) is 49.9 Å². The molecule has 1 amide bonds. The highest BCUT2D eigenvalue weighted by Crippen LogP contribution is 2.20. The molecule has 0 spiro atoms. The number of anilines is 1. The lowest BCUT2D eigenvalue weighted by atomic mass is 10.1. The second kappa shape index (κ2) is 8.22. The van der Waals surface area contributed by atoms with Crippen molar-refractivity contribution in [2.75, 3.05) is 18.5 Å². The number of amides is 1. The van der Waals surface area contributed by atoms with Crippen LogP contribution in [0.15, 0.2) is 36.4 Å². The third-order valence-electron chi connectivity index (χ3n) is 3.35. The molecule has 22 heavy (non-hydrogen) atoms. The van der Waals surface area contributed by atoms with Gasteiger partial charge in [0.1, 0.15) is 5.75 Å². The number of rotatable bonds is 7. The van der Waals surface area contributed by atoms with Crippen LogP contribution in [-0.2, 0) is 14.3 Å². The van der Waals surface area contributed by atoms with Crippen LogP contribution in [0.2, 0.25) is 0 Å². The zero-order valence-corrected chi connectivity index (χ0v) is 12.7. The Labute approximate surface area is 130 Å². The van der Waals surface area contributed by atoms with Crippen molar-refractivity contribution in [1.82, 2.24) is 0 Å². The number of benzene rings is 1. The van der Waals surface area contributed by atoms with E-state index in [9.17, 15) is 9.59 Å². The lowest BCUT2D eigenvalue weighted by molar-refractivity contribution is -0.147. The smallest absolute Gasteiger partial charge is 0.306 e. The minimum atomic E-state index is -0.348. The zero-order chi connectivity index (χ0) is 15.8. The second-order valence-corrected chi connectivity index (χ2v) is 5.14. The van der Waals surface area contributed by atoms with Crippen LogP contribution in [-0.4, -0.2) is 25.1 Å². The number of ether oxygens (including phenoxy) is 2. The Hall–Kier alpha value is -2.30. The van der Waals surface area contributed by atoms with E-state index in [4.69, 9.17) is 9.47 Å². The summed E-state index contributed by atoms with van der Waals surface area (Å²) in [6, 6.07) is 7.04. The normalized spacial score (nSPS) is 16.3. The summed E-state index contributed by atoms with van der Waals surface area (Å²) in [6.07, 6.45) is 6.42. The highest BCUT2D eigenvalue weighted by atomic mass is 16.5. The highest BCUT2D eigenvalue weighted by molar-refractivity contribution is 5.92. The number of nitrogens with one attached hydrogen (secondary N) is 1. The maximum absolute atomic E-state index is 11.7. The van der Waals surface area contributed by atoms with Crippen molar-refractivity contribution < 1.29 is 19.1 Å². The van der Waals surface area contributed by atoms with E-state index in [0.29, 0.717) is 18.7 Å². The predicted molar refractivity (Wildman–Crippen MR) is 83.7 cm³/mol. The fraction of sp³-hybridized carbons (Fsp3) is 0.412. The van der Waals surface area contributed by atoms with Crippen molar-refractivity contribution in [3.63, 3.8) is 0 Å². The Morgan fingerprint density at radius 1 is 1.27 bits per heavy atom. The summed E-state index contributed by atoms with van der Waals surface area (Å²) in [6.45, 7) is 2.24. The van der Waals surface area contributed by atoms with Crippen LogP contribution in [0.5, 0.6) is 5.75 Å². The van der Waals surface area contributed by atoms with E-state index in [0.717, 1.165) is 18.6 Å². The first-order valence-electron chi connectivity index (χ1n) is 7.52. The lowest BCUT2D eigenvalue weighted by Gasteiger charge is -2.09. The first-order valence-corrected chi connectivity index (χ1v) is 7.52. The van der Waals surface area contributed by atoms with Crippen LogP contribution in [0.3, 0.4) is 0 Å². The minimum Gasteiger partial charge on any atom is -0.494 e. The van der Waals surface area contributed by atoms with Crippen molar-refractivity contribution in [2.24, 2.45) is 5.92 Å². The molecule has 1 N–H and O–H groups in total. The van der Waals surface area contributed by atoms with E-state index < -0.39 is 0 Å². The standard InChI is InChI=1S/C17H21NO4/c1-2-21-15-9-7-14(8-10-15)18-16(19)12-22-17(20)11-13-5-3-4-6-13/h3,5,7-10,13H,2,4,6,11-12H2,1H3,(H,18,19)/t13-/m0/s1. The van der Waals surface area contributed by atoms with E-state index in [1.165, 1.54) is 0 Å². The highest BCUT2D eigenvalue weighted by Gasteiger charge is 2.16. The summed E-state index contributed by atoms with van der Waals surface area (Å²) >= 11 is 0. The zero-order valence-electron chi connectivity index (χ0n) is 12.7. The van der Waals surface area contributed by atoms with Crippen molar-refractivity contribution >= 4 is 17.6 Å². The van der Waals surface area contributed by atoms with Gasteiger partial charge in [-0.3, -0.25) is 9.59 Å². The first kappa shape index (κ1) is 16.1. The van der Waals surface area contributed by atoms with Gasteiger partial charge >= 0.3 is 5.97 Å². The van der Waals surface area contributed by atoms with Crippen molar-refractivity contribution in [1.29, 1.82) is 0 Å². The van der Waals surface area contributed by atoms with Gasteiger partial charge in [0.25, 0.3) is 5.91 Å². The molecule has 0 bridgehead atoms. The summed E-state index contributed by atoms with van der Waals surface area (Å²) in [7, 11) is 0. The van der Waals surface area contributed by atoms with E-state index in [1.54, 1.807) is 24.3 Å². The molecule has 0 saturated carbocycles. The second-order valence-electron chi connectivity index (χ2n) is 5.14. The number of carbonyl (C=O) groups excluding carboxylic acids is 2. The molecule has 0 unspecified atom stereocenters. The van der Waals surface area contributed by atoms with Crippen molar-refractivity contribution in [3.8, 4) is 5.75 Å². The van der Waals surface area contributed by atoms with Crippen molar-refractivity contribution in [2.45, 2.75) is 26.2 Å². The average molecular weight is 303 g/mol. The Balaban J connectivity index is 1.70. The number of carbonyl (C=O) groups is 2. The largest absolute Gasteiger partial charge is 0.494 e. The molecule has 1 aromatic rings. The Bertz CT molecular complexity index is 536. The molecule has 2 rings (SSSR count). The topological polar surface area (TPSA) is 64.6 Å². The van der Waals surface area contributed by atoms with E-state index >= 15 is 0 Å². The van der Waals surface area contributed by atoms with E-state index in [-0.39, 0.29) is 24.4 Å². The molecule has 0 aliphatic heterocycles. The van der Waals surface area contributed by atoms with Gasteiger partial charge < -0.3 is 14.8 Å². The summed E-state index contributed by atoms with van der Waals surface area (Å²) < 4.78 is 10.3.